The number of amidine groups is 1. The van der Waals surface area contributed by atoms with E-state index in [4.69, 9.17) is 15.9 Å². The summed E-state index contributed by atoms with van der Waals surface area (Å²) in [7, 11) is 3.98. The van der Waals surface area contributed by atoms with Crippen molar-refractivity contribution in [1.82, 2.24) is 0 Å². The molecule has 94 valence electrons. The summed E-state index contributed by atoms with van der Waals surface area (Å²) in [6.45, 7) is 2.03. The first-order chi connectivity index (χ1) is 8.02. The normalized spacial score (nSPS) is 11.9. The lowest BCUT2D eigenvalue weighted by Crippen LogP contribution is -2.24. The van der Waals surface area contributed by atoms with Crippen LogP contribution < -0.4 is 15.4 Å². The fraction of sp³-hybridized carbons (Fsp3) is 0.462. The molecule has 0 aliphatic carbocycles. The highest BCUT2D eigenvalue weighted by Crippen LogP contribution is 2.21. The van der Waals surface area contributed by atoms with Gasteiger partial charge in [0, 0.05) is 32.3 Å². The highest BCUT2D eigenvalue weighted by molar-refractivity contribution is 5.77. The van der Waals surface area contributed by atoms with E-state index in [0.717, 1.165) is 17.9 Å². The summed E-state index contributed by atoms with van der Waals surface area (Å²) in [6, 6.07) is 7.91. The zero-order chi connectivity index (χ0) is 12.8. The molecular formula is C13H21N3O. The summed E-state index contributed by atoms with van der Waals surface area (Å²) in [5.41, 5.74) is 6.49. The van der Waals surface area contributed by atoms with Crippen molar-refractivity contribution in [3.05, 3.63) is 24.3 Å². The van der Waals surface area contributed by atoms with Gasteiger partial charge in [-0.3, -0.25) is 5.41 Å². The van der Waals surface area contributed by atoms with Gasteiger partial charge in [0.05, 0.1) is 5.84 Å². The van der Waals surface area contributed by atoms with Gasteiger partial charge in [0.15, 0.2) is 0 Å². The van der Waals surface area contributed by atoms with Gasteiger partial charge in [-0.2, -0.15) is 0 Å². The molecule has 1 aromatic carbocycles. The van der Waals surface area contributed by atoms with Crippen LogP contribution in [0.5, 0.6) is 5.75 Å². The number of benzene rings is 1. The Hall–Kier alpha value is -1.71. The van der Waals surface area contributed by atoms with Crippen LogP contribution >= 0.6 is 0 Å². The standard InChI is InChI=1S/C13H21N3O/c1-4-11(9-13(14)15)17-12-7-5-6-10(8-12)16(2)3/h5-8,11H,4,9H2,1-3H3,(H3,14,15). The predicted octanol–water partition coefficient (Wildman–Crippen LogP) is 2.24. The van der Waals surface area contributed by atoms with Crippen LogP contribution in [0.15, 0.2) is 24.3 Å². The van der Waals surface area contributed by atoms with Crippen LogP contribution in [0.2, 0.25) is 0 Å². The fourth-order valence-electron chi connectivity index (χ4n) is 1.54. The van der Waals surface area contributed by atoms with E-state index >= 15 is 0 Å². The van der Waals surface area contributed by atoms with E-state index in [1.165, 1.54) is 0 Å². The molecule has 0 amide bonds. The molecule has 0 radical (unpaired) electrons. The molecule has 0 saturated carbocycles. The van der Waals surface area contributed by atoms with Gasteiger partial charge in [0.2, 0.25) is 0 Å². The van der Waals surface area contributed by atoms with Gasteiger partial charge in [0.25, 0.3) is 0 Å². The summed E-state index contributed by atoms with van der Waals surface area (Å²) in [6.07, 6.45) is 1.29. The third kappa shape index (κ3) is 4.34. The zero-order valence-corrected chi connectivity index (χ0v) is 10.7. The number of hydrogen-bond donors (Lipinski definition) is 2. The number of nitrogens with one attached hydrogen (secondary N) is 1. The van der Waals surface area contributed by atoms with Gasteiger partial charge in [-0.25, -0.2) is 0 Å². The Morgan fingerprint density at radius 1 is 1.47 bits per heavy atom. The Balaban J connectivity index is 2.72. The average molecular weight is 235 g/mol. The van der Waals surface area contributed by atoms with Crippen LogP contribution in [-0.4, -0.2) is 26.0 Å². The number of rotatable bonds is 6. The second kappa shape index (κ2) is 6.13. The molecule has 0 spiro atoms. The van der Waals surface area contributed by atoms with Gasteiger partial charge in [0.1, 0.15) is 11.9 Å². The van der Waals surface area contributed by atoms with Crippen LogP contribution in [0.4, 0.5) is 5.69 Å². The fourth-order valence-corrected chi connectivity index (χ4v) is 1.54. The van der Waals surface area contributed by atoms with E-state index in [9.17, 15) is 0 Å². The van der Waals surface area contributed by atoms with Crippen molar-refractivity contribution in [1.29, 1.82) is 5.41 Å². The van der Waals surface area contributed by atoms with Crippen molar-refractivity contribution in [3.63, 3.8) is 0 Å². The molecule has 0 bridgehead atoms. The van der Waals surface area contributed by atoms with Crippen LogP contribution in [-0.2, 0) is 0 Å². The van der Waals surface area contributed by atoms with E-state index in [-0.39, 0.29) is 11.9 Å². The monoisotopic (exact) mass is 235 g/mol. The second-order valence-corrected chi connectivity index (χ2v) is 4.27. The Morgan fingerprint density at radius 2 is 2.18 bits per heavy atom. The lowest BCUT2D eigenvalue weighted by molar-refractivity contribution is 0.204. The van der Waals surface area contributed by atoms with E-state index in [0.29, 0.717) is 6.42 Å². The molecule has 4 nitrogen and oxygen atoms in total. The van der Waals surface area contributed by atoms with Crippen LogP contribution in [0, 0.1) is 5.41 Å². The number of hydrogen-bond acceptors (Lipinski definition) is 3. The SMILES string of the molecule is CCC(CC(=N)N)Oc1cccc(N(C)C)c1. The Labute approximate surface area is 103 Å². The number of anilines is 1. The number of nitrogens with zero attached hydrogens (tertiary/aromatic N) is 1. The van der Waals surface area contributed by atoms with Gasteiger partial charge in [-0.15, -0.1) is 0 Å². The first-order valence-electron chi connectivity index (χ1n) is 5.80. The molecule has 1 unspecified atom stereocenters. The molecule has 3 N–H and O–H groups in total. The Morgan fingerprint density at radius 3 is 2.71 bits per heavy atom. The molecule has 1 rings (SSSR count). The zero-order valence-electron chi connectivity index (χ0n) is 10.7. The molecule has 1 aromatic rings. The molecule has 0 aromatic heterocycles. The number of ether oxygens (including phenoxy) is 1. The van der Waals surface area contributed by atoms with Crippen LogP contribution in [0.1, 0.15) is 19.8 Å². The Bertz CT molecular complexity index is 377. The smallest absolute Gasteiger partial charge is 0.121 e. The summed E-state index contributed by atoms with van der Waals surface area (Å²) >= 11 is 0. The Kier molecular flexibility index (Phi) is 4.82. The maximum Gasteiger partial charge on any atom is 0.121 e. The van der Waals surface area contributed by atoms with Gasteiger partial charge in [-0.05, 0) is 18.6 Å². The summed E-state index contributed by atoms with van der Waals surface area (Å²) in [5, 5.41) is 7.29. The molecule has 0 aliphatic heterocycles. The number of nitrogens with two attached hydrogens (primary N) is 1. The van der Waals surface area contributed by atoms with Gasteiger partial charge < -0.3 is 15.4 Å². The summed E-state index contributed by atoms with van der Waals surface area (Å²) in [5.74, 6) is 0.991. The maximum atomic E-state index is 7.29. The minimum atomic E-state index is -0.0232. The van der Waals surface area contributed by atoms with E-state index in [1.807, 2.05) is 50.2 Å². The van der Waals surface area contributed by atoms with Crippen molar-refractivity contribution in [2.45, 2.75) is 25.9 Å². The van der Waals surface area contributed by atoms with Crippen LogP contribution in [0.25, 0.3) is 0 Å². The summed E-state index contributed by atoms with van der Waals surface area (Å²) in [4.78, 5) is 2.03. The summed E-state index contributed by atoms with van der Waals surface area (Å²) < 4.78 is 5.82. The molecule has 1 atom stereocenters. The highest BCUT2D eigenvalue weighted by Gasteiger charge is 2.10. The third-order valence-electron chi connectivity index (χ3n) is 2.54. The van der Waals surface area contributed by atoms with Crippen molar-refractivity contribution < 1.29 is 4.74 Å². The molecule has 17 heavy (non-hydrogen) atoms. The molecule has 4 heteroatoms. The quantitative estimate of drug-likeness (QED) is 0.587. The minimum Gasteiger partial charge on any atom is -0.490 e. The average Bonchev–Trinajstić information content (AvgIpc) is 2.28. The molecule has 0 saturated heterocycles. The lowest BCUT2D eigenvalue weighted by Gasteiger charge is -2.19. The molecule has 0 aliphatic rings. The van der Waals surface area contributed by atoms with Crippen molar-refractivity contribution >= 4 is 11.5 Å². The molecule has 0 heterocycles. The van der Waals surface area contributed by atoms with Crippen molar-refractivity contribution in [2.75, 3.05) is 19.0 Å². The topological polar surface area (TPSA) is 62.3 Å². The largest absolute Gasteiger partial charge is 0.490 e. The van der Waals surface area contributed by atoms with E-state index in [1.54, 1.807) is 0 Å². The lowest BCUT2D eigenvalue weighted by atomic mass is 10.2. The maximum absolute atomic E-state index is 7.29. The predicted molar refractivity (Wildman–Crippen MR) is 72.0 cm³/mol. The highest BCUT2D eigenvalue weighted by atomic mass is 16.5. The first kappa shape index (κ1) is 13.4. The second-order valence-electron chi connectivity index (χ2n) is 4.27. The van der Waals surface area contributed by atoms with E-state index < -0.39 is 0 Å². The molecule has 0 fully saturated rings. The van der Waals surface area contributed by atoms with Gasteiger partial charge in [-0.1, -0.05) is 13.0 Å². The first-order valence-corrected chi connectivity index (χ1v) is 5.80. The molecular weight excluding hydrogens is 214 g/mol. The van der Waals surface area contributed by atoms with Crippen molar-refractivity contribution in [2.24, 2.45) is 5.73 Å². The van der Waals surface area contributed by atoms with Crippen molar-refractivity contribution in [3.8, 4) is 5.75 Å². The third-order valence-corrected chi connectivity index (χ3v) is 2.54. The van der Waals surface area contributed by atoms with Crippen LogP contribution in [0.3, 0.4) is 0 Å². The minimum absolute atomic E-state index is 0.0232. The van der Waals surface area contributed by atoms with E-state index in [2.05, 4.69) is 0 Å². The van der Waals surface area contributed by atoms with Gasteiger partial charge >= 0.3 is 0 Å².